The Morgan fingerprint density at radius 1 is 1.12 bits per heavy atom. The van der Waals surface area contributed by atoms with Gasteiger partial charge in [-0.05, 0) is 42.2 Å². The van der Waals surface area contributed by atoms with Crippen LogP contribution in [-0.2, 0) is 10.0 Å². The largest absolute Gasteiger partial charge is 0.366 e. The minimum atomic E-state index is -3.77. The van der Waals surface area contributed by atoms with Gasteiger partial charge in [0.15, 0.2) is 0 Å². The SMILES string of the molecule is CCC(C)c1ccc(S(=O)(=O)N(C)c2ccccc2C(N)=O)cc1. The zero-order chi connectivity index (χ0) is 17.9. The number of nitrogens with two attached hydrogens (primary N) is 1. The van der Waals surface area contributed by atoms with E-state index in [0.29, 0.717) is 5.92 Å². The number of benzene rings is 2. The molecule has 1 atom stereocenters. The van der Waals surface area contributed by atoms with E-state index in [0.717, 1.165) is 16.3 Å². The Morgan fingerprint density at radius 3 is 2.25 bits per heavy atom. The Hall–Kier alpha value is -2.34. The highest BCUT2D eigenvalue weighted by molar-refractivity contribution is 7.92. The number of carbonyl (C=O) groups excluding carboxylic acids is 1. The van der Waals surface area contributed by atoms with Crippen LogP contribution < -0.4 is 10.0 Å². The fraction of sp³-hybridized carbons (Fsp3) is 0.278. The lowest BCUT2D eigenvalue weighted by atomic mass is 9.99. The summed E-state index contributed by atoms with van der Waals surface area (Å²) in [5.74, 6) is -0.296. The molecule has 0 aliphatic carbocycles. The molecular weight excluding hydrogens is 324 g/mol. The van der Waals surface area contributed by atoms with E-state index >= 15 is 0 Å². The van der Waals surface area contributed by atoms with Gasteiger partial charge in [-0.15, -0.1) is 0 Å². The van der Waals surface area contributed by atoms with Crippen molar-refractivity contribution in [1.29, 1.82) is 0 Å². The van der Waals surface area contributed by atoms with Crippen molar-refractivity contribution in [3.8, 4) is 0 Å². The van der Waals surface area contributed by atoms with Crippen molar-refractivity contribution in [2.24, 2.45) is 5.73 Å². The summed E-state index contributed by atoms with van der Waals surface area (Å²) in [4.78, 5) is 11.7. The number of primary amides is 1. The van der Waals surface area contributed by atoms with Gasteiger partial charge in [-0.1, -0.05) is 38.1 Å². The van der Waals surface area contributed by atoms with E-state index in [4.69, 9.17) is 5.73 Å². The maximum absolute atomic E-state index is 12.8. The molecule has 0 radical (unpaired) electrons. The zero-order valence-electron chi connectivity index (χ0n) is 14.1. The summed E-state index contributed by atoms with van der Waals surface area (Å²) in [6.07, 6.45) is 0.984. The molecule has 2 aromatic carbocycles. The molecule has 0 aromatic heterocycles. The normalized spacial score (nSPS) is 12.6. The van der Waals surface area contributed by atoms with Crippen molar-refractivity contribution in [2.45, 2.75) is 31.1 Å². The molecule has 1 unspecified atom stereocenters. The summed E-state index contributed by atoms with van der Waals surface area (Å²) >= 11 is 0. The molecule has 0 aliphatic rings. The molecule has 0 spiro atoms. The first-order valence-corrected chi connectivity index (χ1v) is 9.20. The number of nitrogens with zero attached hydrogens (tertiary/aromatic N) is 1. The van der Waals surface area contributed by atoms with Crippen molar-refractivity contribution in [1.82, 2.24) is 0 Å². The molecule has 0 bridgehead atoms. The van der Waals surface area contributed by atoms with Crippen LogP contribution >= 0.6 is 0 Å². The van der Waals surface area contributed by atoms with E-state index < -0.39 is 15.9 Å². The predicted octanol–water partition coefficient (Wildman–Crippen LogP) is 3.12. The van der Waals surface area contributed by atoms with Gasteiger partial charge in [0.05, 0.1) is 16.1 Å². The van der Waals surface area contributed by atoms with E-state index in [-0.39, 0.29) is 16.1 Å². The fourth-order valence-electron chi connectivity index (χ4n) is 2.45. The molecule has 2 aromatic rings. The minimum absolute atomic E-state index is 0.166. The number of sulfonamides is 1. The van der Waals surface area contributed by atoms with Gasteiger partial charge in [0.2, 0.25) is 0 Å². The maximum atomic E-state index is 12.8. The second-order valence-electron chi connectivity index (χ2n) is 5.73. The molecule has 0 aliphatic heterocycles. The number of anilines is 1. The Morgan fingerprint density at radius 2 is 1.71 bits per heavy atom. The quantitative estimate of drug-likeness (QED) is 0.872. The highest BCUT2D eigenvalue weighted by Crippen LogP contribution is 2.27. The number of hydrogen-bond acceptors (Lipinski definition) is 3. The number of hydrogen-bond donors (Lipinski definition) is 1. The second-order valence-corrected chi connectivity index (χ2v) is 7.70. The van der Waals surface area contributed by atoms with Crippen LogP contribution in [0.1, 0.15) is 42.1 Å². The fourth-order valence-corrected chi connectivity index (χ4v) is 3.66. The number of rotatable bonds is 6. The van der Waals surface area contributed by atoms with Gasteiger partial charge in [-0.3, -0.25) is 9.10 Å². The van der Waals surface area contributed by atoms with Crippen molar-refractivity contribution >= 4 is 21.6 Å². The van der Waals surface area contributed by atoms with E-state index in [1.165, 1.54) is 13.1 Å². The summed E-state index contributed by atoms with van der Waals surface area (Å²) in [5.41, 5.74) is 6.86. The monoisotopic (exact) mass is 346 g/mol. The minimum Gasteiger partial charge on any atom is -0.366 e. The summed E-state index contributed by atoms with van der Waals surface area (Å²) in [7, 11) is -2.36. The summed E-state index contributed by atoms with van der Waals surface area (Å²) in [5, 5.41) is 0. The Kier molecular flexibility index (Phi) is 5.29. The molecule has 0 fully saturated rings. The van der Waals surface area contributed by atoms with Crippen LogP contribution in [-0.4, -0.2) is 21.4 Å². The van der Waals surface area contributed by atoms with Gasteiger partial charge in [0.25, 0.3) is 15.9 Å². The van der Waals surface area contributed by atoms with Gasteiger partial charge >= 0.3 is 0 Å². The van der Waals surface area contributed by atoms with Crippen LogP contribution in [0.5, 0.6) is 0 Å². The van der Waals surface area contributed by atoms with Gasteiger partial charge in [0.1, 0.15) is 0 Å². The number of para-hydroxylation sites is 1. The van der Waals surface area contributed by atoms with Crippen LogP contribution in [0.3, 0.4) is 0 Å². The van der Waals surface area contributed by atoms with Crippen molar-refractivity contribution in [3.63, 3.8) is 0 Å². The van der Waals surface area contributed by atoms with Crippen LogP contribution in [0, 0.1) is 0 Å². The summed E-state index contributed by atoms with van der Waals surface area (Å²) in [6, 6.07) is 13.2. The summed E-state index contributed by atoms with van der Waals surface area (Å²) in [6.45, 7) is 4.18. The maximum Gasteiger partial charge on any atom is 0.264 e. The van der Waals surface area contributed by atoms with E-state index in [1.807, 2.05) is 12.1 Å². The summed E-state index contributed by atoms with van der Waals surface area (Å²) < 4.78 is 26.8. The topological polar surface area (TPSA) is 80.5 Å². The van der Waals surface area contributed by atoms with E-state index in [1.54, 1.807) is 30.3 Å². The van der Waals surface area contributed by atoms with E-state index in [2.05, 4.69) is 13.8 Å². The predicted molar refractivity (Wildman–Crippen MR) is 95.7 cm³/mol. The van der Waals surface area contributed by atoms with Gasteiger partial charge in [-0.2, -0.15) is 0 Å². The van der Waals surface area contributed by atoms with Crippen LogP contribution in [0.15, 0.2) is 53.4 Å². The Labute approximate surface area is 143 Å². The third-order valence-corrected chi connectivity index (χ3v) is 6.01. The Bertz CT molecular complexity index is 830. The molecule has 6 heteroatoms. The van der Waals surface area contributed by atoms with Crippen LogP contribution in [0.4, 0.5) is 5.69 Å². The lowest BCUT2D eigenvalue weighted by Crippen LogP contribution is -2.29. The average molecular weight is 346 g/mol. The zero-order valence-corrected chi connectivity index (χ0v) is 14.9. The molecule has 128 valence electrons. The average Bonchev–Trinajstić information content (AvgIpc) is 2.60. The molecule has 5 nitrogen and oxygen atoms in total. The molecule has 1 amide bonds. The first-order chi connectivity index (χ1) is 11.3. The lowest BCUT2D eigenvalue weighted by molar-refractivity contribution is 0.100. The lowest BCUT2D eigenvalue weighted by Gasteiger charge is -2.21. The van der Waals surface area contributed by atoms with Crippen molar-refractivity contribution in [3.05, 3.63) is 59.7 Å². The van der Waals surface area contributed by atoms with Gasteiger partial charge < -0.3 is 5.73 Å². The van der Waals surface area contributed by atoms with Gasteiger partial charge in [0, 0.05) is 7.05 Å². The third kappa shape index (κ3) is 3.43. The first kappa shape index (κ1) is 18.0. The highest BCUT2D eigenvalue weighted by Gasteiger charge is 2.24. The number of carbonyl (C=O) groups is 1. The molecule has 0 saturated heterocycles. The van der Waals surface area contributed by atoms with Crippen LogP contribution in [0.25, 0.3) is 0 Å². The molecule has 0 saturated carbocycles. The smallest absolute Gasteiger partial charge is 0.264 e. The van der Waals surface area contributed by atoms with Crippen molar-refractivity contribution in [2.75, 3.05) is 11.4 Å². The standard InChI is InChI=1S/C18H22N2O3S/c1-4-13(2)14-9-11-15(12-10-14)24(22,23)20(3)17-8-6-5-7-16(17)18(19)21/h5-13H,4H2,1-3H3,(H2,19,21). The number of amides is 1. The molecule has 24 heavy (non-hydrogen) atoms. The molecule has 2 rings (SSSR count). The molecule has 0 heterocycles. The van der Waals surface area contributed by atoms with Crippen molar-refractivity contribution < 1.29 is 13.2 Å². The van der Waals surface area contributed by atoms with Gasteiger partial charge in [-0.25, -0.2) is 8.42 Å². The highest BCUT2D eigenvalue weighted by atomic mass is 32.2. The van der Waals surface area contributed by atoms with Crippen LogP contribution in [0.2, 0.25) is 0 Å². The Balaban J connectivity index is 2.42. The second kappa shape index (κ2) is 7.05. The molecule has 2 N–H and O–H groups in total. The first-order valence-electron chi connectivity index (χ1n) is 7.76. The molecular formula is C18H22N2O3S. The third-order valence-electron chi connectivity index (χ3n) is 4.23. The van der Waals surface area contributed by atoms with E-state index in [9.17, 15) is 13.2 Å².